The molecular weight excluding hydrogens is 399 g/mol. The maximum Gasteiger partial charge on any atom is 0.327 e. The minimum absolute atomic E-state index is 0.0413. The molecule has 0 saturated heterocycles. The molecule has 2 aromatic carbocycles. The molecule has 0 fully saturated rings. The second kappa shape index (κ2) is 6.68. The first-order valence-corrected chi connectivity index (χ1v) is 9.15. The number of nitrogens with one attached hydrogen (secondary N) is 1. The van der Waals surface area contributed by atoms with Crippen LogP contribution >= 0.6 is 15.9 Å². The third-order valence-electron chi connectivity index (χ3n) is 4.76. The molecule has 0 saturated carbocycles. The molecule has 2 amide bonds. The summed E-state index contributed by atoms with van der Waals surface area (Å²) in [6, 6.07) is 13.6. The highest BCUT2D eigenvalue weighted by atomic mass is 79.9. The Labute approximate surface area is 158 Å². The molecule has 4 rings (SSSR count). The first-order valence-electron chi connectivity index (χ1n) is 8.35. The average molecular weight is 415 g/mol. The summed E-state index contributed by atoms with van der Waals surface area (Å²) in [5.74, 6) is 0.0413. The van der Waals surface area contributed by atoms with E-state index in [1.807, 2.05) is 24.3 Å². The number of alkyl halides is 1. The highest BCUT2D eigenvalue weighted by Gasteiger charge is 2.41. The van der Waals surface area contributed by atoms with Gasteiger partial charge in [0.15, 0.2) is 5.78 Å². The van der Waals surface area contributed by atoms with Crippen molar-refractivity contribution in [3.8, 4) is 0 Å². The molecule has 2 aliphatic rings. The van der Waals surface area contributed by atoms with Crippen LogP contribution in [0, 0.1) is 0 Å². The van der Waals surface area contributed by atoms with Gasteiger partial charge in [0.1, 0.15) is 6.67 Å². The number of nitrogens with zero attached hydrogens (tertiary/aromatic N) is 1. The first-order chi connectivity index (χ1) is 12.6. The van der Waals surface area contributed by atoms with Crippen LogP contribution in [-0.2, 0) is 11.5 Å². The Hall–Kier alpha value is -2.47. The molecule has 1 N–H and O–H groups in total. The molecule has 1 heterocycles. The van der Waals surface area contributed by atoms with Gasteiger partial charge in [-0.15, -0.1) is 0 Å². The van der Waals surface area contributed by atoms with Crippen molar-refractivity contribution in [2.45, 2.75) is 25.6 Å². The molecule has 0 aromatic heterocycles. The Morgan fingerprint density at radius 2 is 1.88 bits per heavy atom. The predicted molar refractivity (Wildman–Crippen MR) is 100 cm³/mol. The molecule has 2 aromatic rings. The van der Waals surface area contributed by atoms with E-state index in [4.69, 9.17) is 0 Å². The van der Waals surface area contributed by atoms with Crippen molar-refractivity contribution in [2.24, 2.45) is 0 Å². The highest BCUT2D eigenvalue weighted by Crippen LogP contribution is 2.40. The van der Waals surface area contributed by atoms with Crippen LogP contribution in [0.4, 0.5) is 14.9 Å². The molecule has 0 spiro atoms. The molecule has 132 valence electrons. The zero-order chi connectivity index (χ0) is 18.3. The number of carbonyl (C=O) groups is 2. The minimum Gasteiger partial charge on any atom is -0.326 e. The summed E-state index contributed by atoms with van der Waals surface area (Å²) in [6.07, 6.45) is 0.889. The molecule has 26 heavy (non-hydrogen) atoms. The standard InChI is InChI=1S/C20H16BrFN2O2/c21-14-6-4-13(5-7-14)19-18-16(8-9-17(18)25)24(20(26)23-19)15-3-1-2-12(10-15)11-22/h1-7,10,19H,8-9,11H2,(H,23,26)/t19-/m0/s1. The zero-order valence-electron chi connectivity index (χ0n) is 13.8. The number of benzene rings is 2. The van der Waals surface area contributed by atoms with Crippen LogP contribution < -0.4 is 10.2 Å². The van der Waals surface area contributed by atoms with Crippen molar-refractivity contribution in [3.05, 3.63) is 75.4 Å². The second-order valence-electron chi connectivity index (χ2n) is 6.36. The summed E-state index contributed by atoms with van der Waals surface area (Å²) in [5, 5.41) is 2.94. The molecule has 4 nitrogen and oxygen atoms in total. The van der Waals surface area contributed by atoms with Crippen LogP contribution in [0.15, 0.2) is 64.3 Å². The Morgan fingerprint density at radius 1 is 1.12 bits per heavy atom. The van der Waals surface area contributed by atoms with Gasteiger partial charge in [-0.1, -0.05) is 40.2 Å². The van der Waals surface area contributed by atoms with Gasteiger partial charge in [-0.3, -0.25) is 9.69 Å². The smallest absolute Gasteiger partial charge is 0.326 e. The number of halogens is 2. The fraction of sp³-hybridized carbons (Fsp3) is 0.200. The second-order valence-corrected chi connectivity index (χ2v) is 7.27. The highest BCUT2D eigenvalue weighted by molar-refractivity contribution is 9.10. The number of rotatable bonds is 3. The van der Waals surface area contributed by atoms with E-state index in [2.05, 4.69) is 21.2 Å². The Bertz CT molecular complexity index is 924. The number of urea groups is 1. The van der Waals surface area contributed by atoms with Gasteiger partial charge in [0.2, 0.25) is 0 Å². The summed E-state index contributed by atoms with van der Waals surface area (Å²) in [4.78, 5) is 26.9. The van der Waals surface area contributed by atoms with Crippen LogP contribution in [0.25, 0.3) is 0 Å². The van der Waals surface area contributed by atoms with Crippen LogP contribution in [0.3, 0.4) is 0 Å². The summed E-state index contributed by atoms with van der Waals surface area (Å²) in [5.41, 5.74) is 3.27. The first kappa shape index (κ1) is 17.0. The van der Waals surface area contributed by atoms with Crippen molar-refractivity contribution < 1.29 is 14.0 Å². The fourth-order valence-electron chi connectivity index (χ4n) is 3.56. The third-order valence-corrected chi connectivity index (χ3v) is 5.28. The van der Waals surface area contributed by atoms with Gasteiger partial charge in [0.25, 0.3) is 0 Å². The maximum atomic E-state index is 13.0. The summed E-state index contributed by atoms with van der Waals surface area (Å²) in [7, 11) is 0. The SMILES string of the molecule is O=C1CCC2=C1[C@H](c1ccc(Br)cc1)NC(=O)N2c1cccc(CF)c1. The van der Waals surface area contributed by atoms with E-state index in [9.17, 15) is 14.0 Å². The molecule has 6 heteroatoms. The number of carbonyl (C=O) groups excluding carboxylic acids is 2. The quantitative estimate of drug-likeness (QED) is 0.783. The predicted octanol–water partition coefficient (Wildman–Crippen LogP) is 4.81. The lowest BCUT2D eigenvalue weighted by Gasteiger charge is -2.34. The van der Waals surface area contributed by atoms with Crippen molar-refractivity contribution in [1.29, 1.82) is 0 Å². The topological polar surface area (TPSA) is 49.4 Å². The lowest BCUT2D eigenvalue weighted by molar-refractivity contribution is -0.115. The van der Waals surface area contributed by atoms with E-state index in [0.29, 0.717) is 35.4 Å². The van der Waals surface area contributed by atoms with E-state index in [0.717, 1.165) is 10.0 Å². The Balaban J connectivity index is 1.81. The molecular formula is C20H16BrFN2O2. The number of anilines is 1. The molecule has 0 unspecified atom stereocenters. The third kappa shape index (κ3) is 2.84. The van der Waals surface area contributed by atoms with E-state index >= 15 is 0 Å². The van der Waals surface area contributed by atoms with Crippen molar-refractivity contribution in [1.82, 2.24) is 5.32 Å². The van der Waals surface area contributed by atoms with E-state index in [-0.39, 0.29) is 11.8 Å². The fourth-order valence-corrected chi connectivity index (χ4v) is 3.83. The number of hydrogen-bond acceptors (Lipinski definition) is 2. The van der Waals surface area contributed by atoms with E-state index in [1.54, 1.807) is 24.3 Å². The Morgan fingerprint density at radius 3 is 2.62 bits per heavy atom. The van der Waals surface area contributed by atoms with Gasteiger partial charge in [-0.05, 0) is 41.8 Å². The van der Waals surface area contributed by atoms with Crippen molar-refractivity contribution in [2.75, 3.05) is 4.90 Å². The molecule has 0 bridgehead atoms. The largest absolute Gasteiger partial charge is 0.327 e. The van der Waals surface area contributed by atoms with Gasteiger partial charge in [-0.25, -0.2) is 9.18 Å². The number of allylic oxidation sites excluding steroid dienone is 1. The summed E-state index contributed by atoms with van der Waals surface area (Å²) in [6.45, 7) is -0.602. The monoisotopic (exact) mass is 414 g/mol. The van der Waals surface area contributed by atoms with Crippen LogP contribution in [0.5, 0.6) is 0 Å². The summed E-state index contributed by atoms with van der Waals surface area (Å²) < 4.78 is 14.0. The van der Waals surface area contributed by atoms with Crippen molar-refractivity contribution in [3.63, 3.8) is 0 Å². The number of amides is 2. The van der Waals surface area contributed by atoms with Crippen LogP contribution in [-0.4, -0.2) is 11.8 Å². The number of hydrogen-bond donors (Lipinski definition) is 1. The maximum absolute atomic E-state index is 13.0. The van der Waals surface area contributed by atoms with Gasteiger partial charge in [0.05, 0.1) is 11.7 Å². The van der Waals surface area contributed by atoms with Crippen LogP contribution in [0.2, 0.25) is 0 Å². The normalized spacial score (nSPS) is 19.6. The average Bonchev–Trinajstić information content (AvgIpc) is 3.03. The molecule has 1 aliphatic carbocycles. The minimum atomic E-state index is -0.602. The van der Waals surface area contributed by atoms with Gasteiger partial charge in [-0.2, -0.15) is 0 Å². The van der Waals surface area contributed by atoms with E-state index < -0.39 is 12.7 Å². The van der Waals surface area contributed by atoms with Gasteiger partial charge < -0.3 is 5.32 Å². The number of ketones is 1. The van der Waals surface area contributed by atoms with Crippen LogP contribution in [0.1, 0.15) is 30.0 Å². The van der Waals surface area contributed by atoms with Gasteiger partial charge in [0, 0.05) is 22.2 Å². The number of Topliss-reactive ketones (excluding diaryl/α,β-unsaturated/α-hetero) is 1. The summed E-state index contributed by atoms with van der Waals surface area (Å²) >= 11 is 3.40. The lowest BCUT2D eigenvalue weighted by Crippen LogP contribution is -2.47. The molecule has 0 radical (unpaired) electrons. The Kier molecular flexibility index (Phi) is 4.36. The zero-order valence-corrected chi connectivity index (χ0v) is 15.4. The van der Waals surface area contributed by atoms with E-state index in [1.165, 1.54) is 4.90 Å². The molecule has 1 atom stereocenters. The van der Waals surface area contributed by atoms with Gasteiger partial charge >= 0.3 is 6.03 Å². The lowest BCUT2D eigenvalue weighted by atomic mass is 9.95. The molecule has 1 aliphatic heterocycles. The van der Waals surface area contributed by atoms with Crippen molar-refractivity contribution >= 4 is 33.4 Å².